The van der Waals surface area contributed by atoms with Crippen LogP contribution >= 0.6 is 0 Å². The maximum Gasteiger partial charge on any atom is 0.342 e. The molecule has 1 amide bonds. The Labute approximate surface area is 161 Å². The summed E-state index contributed by atoms with van der Waals surface area (Å²) in [5.41, 5.74) is 2.54. The number of para-hydroxylation sites is 1. The maximum atomic E-state index is 13.2. The average Bonchev–Trinajstić information content (AvgIpc) is 2.96. The molecular weight excluding hydrogens is 361 g/mol. The summed E-state index contributed by atoms with van der Waals surface area (Å²) in [6, 6.07) is 14.9. The van der Waals surface area contributed by atoms with Crippen molar-refractivity contribution >= 4 is 17.6 Å². The fourth-order valence-corrected chi connectivity index (χ4v) is 2.84. The van der Waals surface area contributed by atoms with Gasteiger partial charge < -0.3 is 10.1 Å². The number of carbonyl (C=O) groups is 2. The van der Waals surface area contributed by atoms with E-state index in [9.17, 15) is 14.0 Å². The van der Waals surface area contributed by atoms with Crippen molar-refractivity contribution in [2.24, 2.45) is 0 Å². The summed E-state index contributed by atoms with van der Waals surface area (Å²) in [6.45, 7) is 4.93. The lowest BCUT2D eigenvalue weighted by Crippen LogP contribution is -2.30. The molecule has 2 aromatic carbocycles. The van der Waals surface area contributed by atoms with Crippen LogP contribution in [0.2, 0.25) is 0 Å². The monoisotopic (exact) mass is 381 g/mol. The van der Waals surface area contributed by atoms with Crippen LogP contribution in [0.5, 0.6) is 0 Å². The number of halogens is 1. The molecule has 1 heterocycles. The predicted octanol–water partition coefficient (Wildman–Crippen LogP) is 3.81. The number of amides is 1. The quantitative estimate of drug-likeness (QED) is 0.682. The van der Waals surface area contributed by atoms with Crippen LogP contribution in [0, 0.1) is 19.7 Å². The third kappa shape index (κ3) is 4.09. The number of benzene rings is 2. The highest BCUT2D eigenvalue weighted by molar-refractivity contribution is 5.98. The molecule has 0 fully saturated rings. The lowest BCUT2D eigenvalue weighted by molar-refractivity contribution is -0.123. The van der Waals surface area contributed by atoms with Gasteiger partial charge in [0.15, 0.2) is 6.10 Å². The standard InChI is InChI=1S/C21H20FN3O3/c1-13-19(14(2)25(24-13)18-10-5-4-6-11-18)21(27)28-15(3)20(26)23-17-9-7-8-16(22)12-17/h4-12,15H,1-3H3,(H,23,26)/t15-/m0/s1. The van der Waals surface area contributed by atoms with Crippen LogP contribution in [0.3, 0.4) is 0 Å². The van der Waals surface area contributed by atoms with Gasteiger partial charge in [0.05, 0.1) is 17.1 Å². The highest BCUT2D eigenvalue weighted by Crippen LogP contribution is 2.19. The molecule has 3 rings (SSSR count). The average molecular weight is 381 g/mol. The topological polar surface area (TPSA) is 73.2 Å². The molecule has 0 aliphatic carbocycles. The van der Waals surface area contributed by atoms with E-state index in [0.717, 1.165) is 5.69 Å². The zero-order valence-corrected chi connectivity index (χ0v) is 15.8. The van der Waals surface area contributed by atoms with Gasteiger partial charge in [-0.15, -0.1) is 0 Å². The summed E-state index contributed by atoms with van der Waals surface area (Å²) in [5.74, 6) is -1.66. The van der Waals surface area contributed by atoms with E-state index in [0.29, 0.717) is 17.0 Å². The van der Waals surface area contributed by atoms with Crippen molar-refractivity contribution in [2.45, 2.75) is 26.9 Å². The molecule has 144 valence electrons. The van der Waals surface area contributed by atoms with Gasteiger partial charge in [0.25, 0.3) is 5.91 Å². The number of ether oxygens (including phenoxy) is 1. The second-order valence-electron chi connectivity index (χ2n) is 6.34. The van der Waals surface area contributed by atoms with Crippen LogP contribution in [0.4, 0.5) is 10.1 Å². The molecule has 0 radical (unpaired) electrons. The third-order valence-corrected chi connectivity index (χ3v) is 4.24. The lowest BCUT2D eigenvalue weighted by Gasteiger charge is -2.14. The van der Waals surface area contributed by atoms with Gasteiger partial charge in [0.2, 0.25) is 0 Å². The van der Waals surface area contributed by atoms with Crippen molar-refractivity contribution in [3.8, 4) is 5.69 Å². The normalized spacial score (nSPS) is 11.7. The number of aromatic nitrogens is 2. The van der Waals surface area contributed by atoms with Gasteiger partial charge >= 0.3 is 5.97 Å². The van der Waals surface area contributed by atoms with Crippen LogP contribution in [0.15, 0.2) is 54.6 Å². The number of esters is 1. The molecule has 1 N–H and O–H groups in total. The van der Waals surface area contributed by atoms with Crippen LogP contribution in [0.25, 0.3) is 5.69 Å². The van der Waals surface area contributed by atoms with E-state index in [-0.39, 0.29) is 5.69 Å². The number of carbonyl (C=O) groups excluding carboxylic acids is 2. The Morgan fingerprint density at radius 1 is 1.11 bits per heavy atom. The maximum absolute atomic E-state index is 13.2. The summed E-state index contributed by atoms with van der Waals surface area (Å²) in [4.78, 5) is 24.9. The minimum atomic E-state index is -1.06. The molecule has 0 spiro atoms. The second kappa shape index (κ2) is 8.04. The van der Waals surface area contributed by atoms with E-state index in [2.05, 4.69) is 10.4 Å². The molecule has 6 nitrogen and oxygen atoms in total. The Bertz CT molecular complexity index is 1010. The minimum Gasteiger partial charge on any atom is -0.449 e. The van der Waals surface area contributed by atoms with E-state index in [4.69, 9.17) is 4.74 Å². The number of nitrogens with one attached hydrogen (secondary N) is 1. The van der Waals surface area contributed by atoms with Gasteiger partial charge in [-0.1, -0.05) is 24.3 Å². The number of hydrogen-bond acceptors (Lipinski definition) is 4. The first kappa shape index (κ1) is 19.3. The van der Waals surface area contributed by atoms with Gasteiger partial charge in [-0.3, -0.25) is 4.79 Å². The molecule has 0 unspecified atom stereocenters. The Morgan fingerprint density at radius 2 is 1.82 bits per heavy atom. The minimum absolute atomic E-state index is 0.289. The third-order valence-electron chi connectivity index (χ3n) is 4.24. The SMILES string of the molecule is Cc1nn(-c2ccccc2)c(C)c1C(=O)O[C@@H](C)C(=O)Nc1cccc(F)c1. The second-order valence-corrected chi connectivity index (χ2v) is 6.34. The van der Waals surface area contributed by atoms with Crippen molar-refractivity contribution in [3.63, 3.8) is 0 Å². The fourth-order valence-electron chi connectivity index (χ4n) is 2.84. The zero-order valence-electron chi connectivity index (χ0n) is 15.8. The summed E-state index contributed by atoms with van der Waals surface area (Å²) in [7, 11) is 0. The Balaban J connectivity index is 1.74. The molecule has 7 heteroatoms. The Hall–Kier alpha value is -3.48. The number of rotatable bonds is 5. The van der Waals surface area contributed by atoms with E-state index in [1.54, 1.807) is 24.6 Å². The van der Waals surface area contributed by atoms with Crippen molar-refractivity contribution in [2.75, 3.05) is 5.32 Å². The number of anilines is 1. The van der Waals surface area contributed by atoms with Gasteiger partial charge in [-0.05, 0) is 51.1 Å². The summed E-state index contributed by atoms with van der Waals surface area (Å²) >= 11 is 0. The van der Waals surface area contributed by atoms with Gasteiger partial charge in [0.1, 0.15) is 11.4 Å². The van der Waals surface area contributed by atoms with Crippen LogP contribution in [-0.4, -0.2) is 27.8 Å². The highest BCUT2D eigenvalue weighted by atomic mass is 19.1. The fraction of sp³-hybridized carbons (Fsp3) is 0.190. The molecule has 1 atom stereocenters. The van der Waals surface area contributed by atoms with E-state index >= 15 is 0 Å². The predicted molar refractivity (Wildman–Crippen MR) is 103 cm³/mol. The van der Waals surface area contributed by atoms with E-state index < -0.39 is 23.8 Å². The summed E-state index contributed by atoms with van der Waals surface area (Å²) in [6.07, 6.45) is -1.06. The van der Waals surface area contributed by atoms with Crippen molar-refractivity contribution < 1.29 is 18.7 Å². The van der Waals surface area contributed by atoms with Crippen LogP contribution in [-0.2, 0) is 9.53 Å². The lowest BCUT2D eigenvalue weighted by atomic mass is 10.2. The van der Waals surface area contributed by atoms with E-state index in [1.807, 2.05) is 30.3 Å². The largest absolute Gasteiger partial charge is 0.449 e. The van der Waals surface area contributed by atoms with Gasteiger partial charge in [0, 0.05) is 5.69 Å². The molecule has 1 aromatic heterocycles. The van der Waals surface area contributed by atoms with Crippen LogP contribution in [0.1, 0.15) is 28.7 Å². The molecule has 0 aliphatic heterocycles. The molecule has 3 aromatic rings. The number of nitrogens with zero attached hydrogens (tertiary/aromatic N) is 2. The molecule has 0 saturated carbocycles. The molecule has 0 bridgehead atoms. The first-order valence-corrected chi connectivity index (χ1v) is 8.76. The van der Waals surface area contributed by atoms with Crippen LogP contribution < -0.4 is 5.32 Å². The number of hydrogen-bond donors (Lipinski definition) is 1. The van der Waals surface area contributed by atoms with Crippen molar-refractivity contribution in [1.29, 1.82) is 0 Å². The Kier molecular flexibility index (Phi) is 5.54. The smallest absolute Gasteiger partial charge is 0.342 e. The summed E-state index contributed by atoms with van der Waals surface area (Å²) in [5, 5.41) is 6.93. The molecule has 0 aliphatic rings. The highest BCUT2D eigenvalue weighted by Gasteiger charge is 2.25. The molecule has 0 saturated heterocycles. The van der Waals surface area contributed by atoms with Gasteiger partial charge in [-0.25, -0.2) is 13.9 Å². The molecule has 28 heavy (non-hydrogen) atoms. The van der Waals surface area contributed by atoms with Crippen molar-refractivity contribution in [3.05, 3.63) is 77.4 Å². The van der Waals surface area contributed by atoms with Crippen molar-refractivity contribution in [1.82, 2.24) is 9.78 Å². The molecular formula is C21H20FN3O3. The van der Waals surface area contributed by atoms with E-state index in [1.165, 1.54) is 25.1 Å². The Morgan fingerprint density at radius 3 is 2.50 bits per heavy atom. The number of aryl methyl sites for hydroxylation is 1. The zero-order chi connectivity index (χ0) is 20.3. The first-order chi connectivity index (χ1) is 13.4. The van der Waals surface area contributed by atoms with Gasteiger partial charge in [-0.2, -0.15) is 5.10 Å². The first-order valence-electron chi connectivity index (χ1n) is 8.76. The summed E-state index contributed by atoms with van der Waals surface area (Å²) < 4.78 is 20.2.